The normalized spacial score (nSPS) is 10.2. The number of hydrogen-bond acceptors (Lipinski definition) is 4. The summed E-state index contributed by atoms with van der Waals surface area (Å²) in [5.41, 5.74) is 1.20. The minimum Gasteiger partial charge on any atom is -0.493 e. The Kier molecular flexibility index (Phi) is 4.35. The van der Waals surface area contributed by atoms with E-state index in [4.69, 9.17) is 9.47 Å². The maximum atomic E-state index is 5.60. The van der Waals surface area contributed by atoms with Crippen molar-refractivity contribution in [1.29, 1.82) is 0 Å². The fraction of sp³-hybridized carbons (Fsp3) is 0.231. The summed E-state index contributed by atoms with van der Waals surface area (Å²) in [6, 6.07) is 6.16. The van der Waals surface area contributed by atoms with Crippen molar-refractivity contribution in [3.8, 4) is 17.5 Å². The predicted molar refractivity (Wildman–Crippen MR) is 77.2 cm³/mol. The topological polar surface area (TPSA) is 44.2 Å². The number of methoxy groups -OCH3 is 1. The summed E-state index contributed by atoms with van der Waals surface area (Å²) >= 11 is 2.15. The van der Waals surface area contributed by atoms with Crippen LogP contribution in [-0.2, 0) is 6.42 Å². The molecule has 0 saturated carbocycles. The molecule has 0 amide bonds. The summed E-state index contributed by atoms with van der Waals surface area (Å²) < 4.78 is 11.9. The van der Waals surface area contributed by atoms with Gasteiger partial charge < -0.3 is 9.47 Å². The standard InChI is InChI=1S/C13H13IN2O2/c1-3-9-4-5-11(12(6-9)17-2)18-13-15-7-10(14)8-16-13/h4-8H,3H2,1-2H3. The fourth-order valence-electron chi connectivity index (χ4n) is 1.47. The first-order valence-electron chi connectivity index (χ1n) is 5.55. The zero-order valence-electron chi connectivity index (χ0n) is 10.2. The van der Waals surface area contributed by atoms with Crippen molar-refractivity contribution in [1.82, 2.24) is 9.97 Å². The largest absolute Gasteiger partial charge is 0.493 e. The molecule has 2 aromatic rings. The molecule has 1 aromatic heterocycles. The molecule has 0 aliphatic rings. The molecule has 2 rings (SSSR count). The summed E-state index contributed by atoms with van der Waals surface area (Å²) in [5, 5.41) is 0. The van der Waals surface area contributed by atoms with Crippen LogP contribution < -0.4 is 9.47 Å². The van der Waals surface area contributed by atoms with Crippen LogP contribution in [0.3, 0.4) is 0 Å². The highest BCUT2D eigenvalue weighted by atomic mass is 127. The lowest BCUT2D eigenvalue weighted by Gasteiger charge is -2.10. The van der Waals surface area contributed by atoms with Gasteiger partial charge in [0, 0.05) is 16.0 Å². The van der Waals surface area contributed by atoms with E-state index < -0.39 is 0 Å². The van der Waals surface area contributed by atoms with Crippen molar-refractivity contribution < 1.29 is 9.47 Å². The van der Waals surface area contributed by atoms with E-state index in [1.807, 2.05) is 18.2 Å². The molecular formula is C13H13IN2O2. The predicted octanol–water partition coefficient (Wildman–Crippen LogP) is 3.44. The van der Waals surface area contributed by atoms with Gasteiger partial charge >= 0.3 is 6.01 Å². The molecule has 94 valence electrons. The average molecular weight is 356 g/mol. The van der Waals surface area contributed by atoms with E-state index in [-0.39, 0.29) is 0 Å². The van der Waals surface area contributed by atoms with Crippen LogP contribution in [0.4, 0.5) is 0 Å². The highest BCUT2D eigenvalue weighted by molar-refractivity contribution is 14.1. The number of hydrogen-bond donors (Lipinski definition) is 0. The number of aryl methyl sites for hydroxylation is 1. The molecule has 0 aliphatic carbocycles. The number of halogens is 1. The van der Waals surface area contributed by atoms with E-state index in [0.29, 0.717) is 17.5 Å². The summed E-state index contributed by atoms with van der Waals surface area (Å²) in [7, 11) is 1.62. The van der Waals surface area contributed by atoms with Crippen LogP contribution in [0, 0.1) is 3.57 Å². The molecule has 0 fully saturated rings. The number of benzene rings is 1. The lowest BCUT2D eigenvalue weighted by molar-refractivity contribution is 0.367. The average Bonchev–Trinajstić information content (AvgIpc) is 2.41. The molecule has 0 radical (unpaired) electrons. The van der Waals surface area contributed by atoms with Crippen LogP contribution in [-0.4, -0.2) is 17.1 Å². The highest BCUT2D eigenvalue weighted by Crippen LogP contribution is 2.31. The van der Waals surface area contributed by atoms with Gasteiger partial charge in [0.2, 0.25) is 0 Å². The van der Waals surface area contributed by atoms with Gasteiger partial charge in [0.1, 0.15) is 0 Å². The molecule has 5 heteroatoms. The summed E-state index contributed by atoms with van der Waals surface area (Å²) in [5.74, 6) is 1.31. The summed E-state index contributed by atoms with van der Waals surface area (Å²) in [6.45, 7) is 2.09. The van der Waals surface area contributed by atoms with Crippen LogP contribution in [0.1, 0.15) is 12.5 Å². The first-order valence-corrected chi connectivity index (χ1v) is 6.63. The SMILES string of the molecule is CCc1ccc(Oc2ncc(I)cn2)c(OC)c1. The zero-order chi connectivity index (χ0) is 13.0. The molecule has 0 unspecified atom stereocenters. The van der Waals surface area contributed by atoms with Gasteiger partial charge in [-0.15, -0.1) is 0 Å². The number of rotatable bonds is 4. The molecule has 1 aromatic carbocycles. The van der Waals surface area contributed by atoms with Crippen LogP contribution in [0.25, 0.3) is 0 Å². The van der Waals surface area contributed by atoms with Crippen molar-refractivity contribution in [2.75, 3.05) is 7.11 Å². The summed E-state index contributed by atoms with van der Waals surface area (Å²) in [6.07, 6.45) is 4.36. The van der Waals surface area contributed by atoms with Crippen molar-refractivity contribution in [3.05, 3.63) is 39.7 Å². The Morgan fingerprint density at radius 1 is 1.17 bits per heavy atom. The van der Waals surface area contributed by atoms with Gasteiger partial charge in [-0.1, -0.05) is 13.0 Å². The molecule has 0 atom stereocenters. The zero-order valence-corrected chi connectivity index (χ0v) is 12.3. The second kappa shape index (κ2) is 5.99. The Hall–Kier alpha value is -1.37. The van der Waals surface area contributed by atoms with Gasteiger partial charge in [-0.05, 0) is 46.7 Å². The van der Waals surface area contributed by atoms with Crippen molar-refractivity contribution in [2.45, 2.75) is 13.3 Å². The Labute approximate surface area is 120 Å². The van der Waals surface area contributed by atoms with Gasteiger partial charge in [0.25, 0.3) is 0 Å². The first-order chi connectivity index (χ1) is 8.72. The maximum absolute atomic E-state index is 5.60. The third kappa shape index (κ3) is 3.10. The number of nitrogens with zero attached hydrogens (tertiary/aromatic N) is 2. The smallest absolute Gasteiger partial charge is 0.322 e. The Morgan fingerprint density at radius 3 is 2.50 bits per heavy atom. The van der Waals surface area contributed by atoms with E-state index in [1.165, 1.54) is 5.56 Å². The minimum absolute atomic E-state index is 0.318. The van der Waals surface area contributed by atoms with Gasteiger partial charge in [0.05, 0.1) is 7.11 Å². The first kappa shape index (κ1) is 13.1. The lowest BCUT2D eigenvalue weighted by atomic mass is 10.1. The molecule has 18 heavy (non-hydrogen) atoms. The Bertz CT molecular complexity index is 529. The van der Waals surface area contributed by atoms with Crippen LogP contribution >= 0.6 is 22.6 Å². The van der Waals surface area contributed by atoms with E-state index >= 15 is 0 Å². The number of ether oxygens (including phenoxy) is 2. The molecule has 0 saturated heterocycles. The van der Waals surface area contributed by atoms with Crippen molar-refractivity contribution in [3.63, 3.8) is 0 Å². The van der Waals surface area contributed by atoms with Gasteiger partial charge in [-0.25, -0.2) is 9.97 Å². The van der Waals surface area contributed by atoms with Gasteiger partial charge in [-0.2, -0.15) is 0 Å². The van der Waals surface area contributed by atoms with Gasteiger partial charge in [-0.3, -0.25) is 0 Å². The van der Waals surface area contributed by atoms with E-state index in [9.17, 15) is 0 Å². The Morgan fingerprint density at radius 2 is 1.89 bits per heavy atom. The van der Waals surface area contributed by atoms with E-state index in [2.05, 4.69) is 39.5 Å². The monoisotopic (exact) mass is 356 g/mol. The molecule has 4 nitrogen and oxygen atoms in total. The van der Waals surface area contributed by atoms with E-state index in [1.54, 1.807) is 19.5 Å². The van der Waals surface area contributed by atoms with E-state index in [0.717, 1.165) is 9.99 Å². The molecule has 1 heterocycles. The summed E-state index contributed by atoms with van der Waals surface area (Å²) in [4.78, 5) is 8.19. The van der Waals surface area contributed by atoms with Crippen LogP contribution in [0.15, 0.2) is 30.6 Å². The lowest BCUT2D eigenvalue weighted by Crippen LogP contribution is -1.95. The Balaban J connectivity index is 2.25. The van der Waals surface area contributed by atoms with Crippen LogP contribution in [0.2, 0.25) is 0 Å². The maximum Gasteiger partial charge on any atom is 0.322 e. The fourth-order valence-corrected chi connectivity index (χ4v) is 1.75. The molecule has 0 spiro atoms. The second-order valence-corrected chi connectivity index (χ2v) is 4.87. The second-order valence-electron chi connectivity index (χ2n) is 3.62. The minimum atomic E-state index is 0.318. The molecule has 0 N–H and O–H groups in total. The third-order valence-corrected chi connectivity index (χ3v) is 2.99. The highest BCUT2D eigenvalue weighted by Gasteiger charge is 2.08. The third-order valence-electron chi connectivity index (χ3n) is 2.43. The molecule has 0 bridgehead atoms. The molecule has 0 aliphatic heterocycles. The number of aromatic nitrogens is 2. The molecular weight excluding hydrogens is 343 g/mol. The van der Waals surface area contributed by atoms with Crippen LogP contribution in [0.5, 0.6) is 17.5 Å². The van der Waals surface area contributed by atoms with Crippen molar-refractivity contribution >= 4 is 22.6 Å². The van der Waals surface area contributed by atoms with Gasteiger partial charge in [0.15, 0.2) is 11.5 Å². The quantitative estimate of drug-likeness (QED) is 0.788. The van der Waals surface area contributed by atoms with Crippen molar-refractivity contribution in [2.24, 2.45) is 0 Å².